The van der Waals surface area contributed by atoms with Crippen LogP contribution in [0.1, 0.15) is 29.7 Å². The average molecular weight is 309 g/mol. The van der Waals surface area contributed by atoms with Crippen molar-refractivity contribution in [2.24, 2.45) is 0 Å². The Morgan fingerprint density at radius 1 is 1.41 bits per heavy atom. The molecule has 0 fully saturated rings. The van der Waals surface area contributed by atoms with E-state index in [1.807, 2.05) is 6.92 Å². The lowest BCUT2D eigenvalue weighted by atomic mass is 10.1. The van der Waals surface area contributed by atoms with Crippen molar-refractivity contribution in [2.45, 2.75) is 20.0 Å². The van der Waals surface area contributed by atoms with Crippen LogP contribution in [0.5, 0.6) is 5.75 Å². The van der Waals surface area contributed by atoms with Crippen molar-refractivity contribution < 1.29 is 18.3 Å². The quantitative estimate of drug-likeness (QED) is 0.824. The lowest BCUT2D eigenvalue weighted by Gasteiger charge is -2.19. The number of nitrogens with zero attached hydrogens (tertiary/aromatic N) is 3. The fraction of sp³-hybridized carbons (Fsp3) is 0.333. The molecule has 7 heteroatoms. The normalized spacial score (nSPS) is 10.8. The van der Waals surface area contributed by atoms with E-state index in [4.69, 9.17) is 4.74 Å². The first-order valence-corrected chi connectivity index (χ1v) is 6.81. The second kappa shape index (κ2) is 7.02. The SMILES string of the molecule is CCOc1ccccc1C(=O)N(C)Cc1nccn1C(F)F. The van der Waals surface area contributed by atoms with Gasteiger partial charge in [-0.05, 0) is 19.1 Å². The van der Waals surface area contributed by atoms with Crippen LogP contribution in [0, 0.1) is 0 Å². The van der Waals surface area contributed by atoms with E-state index >= 15 is 0 Å². The molecular formula is C15H17F2N3O2. The Bertz CT molecular complexity index is 643. The summed E-state index contributed by atoms with van der Waals surface area (Å²) >= 11 is 0. The molecule has 5 nitrogen and oxygen atoms in total. The van der Waals surface area contributed by atoms with Gasteiger partial charge in [-0.25, -0.2) is 4.98 Å². The fourth-order valence-corrected chi connectivity index (χ4v) is 2.06. The van der Waals surface area contributed by atoms with Crippen LogP contribution in [0.15, 0.2) is 36.7 Å². The first-order valence-electron chi connectivity index (χ1n) is 6.81. The van der Waals surface area contributed by atoms with Crippen LogP contribution >= 0.6 is 0 Å². The minimum atomic E-state index is -2.68. The second-order valence-electron chi connectivity index (χ2n) is 4.62. The number of hydrogen-bond donors (Lipinski definition) is 0. The van der Waals surface area contributed by atoms with Gasteiger partial charge in [-0.1, -0.05) is 12.1 Å². The maximum Gasteiger partial charge on any atom is 0.319 e. The zero-order valence-electron chi connectivity index (χ0n) is 12.4. The molecule has 0 aliphatic heterocycles. The number of carbonyl (C=O) groups excluding carboxylic acids is 1. The fourth-order valence-electron chi connectivity index (χ4n) is 2.06. The highest BCUT2D eigenvalue weighted by Crippen LogP contribution is 2.21. The average Bonchev–Trinajstić information content (AvgIpc) is 2.95. The maximum atomic E-state index is 12.8. The summed E-state index contributed by atoms with van der Waals surface area (Å²) in [7, 11) is 1.54. The molecule has 0 N–H and O–H groups in total. The van der Waals surface area contributed by atoms with Gasteiger partial charge in [-0.3, -0.25) is 9.36 Å². The predicted molar refractivity (Wildman–Crippen MR) is 76.9 cm³/mol. The van der Waals surface area contributed by atoms with E-state index < -0.39 is 6.55 Å². The number of benzene rings is 1. The number of alkyl halides is 2. The Kier molecular flexibility index (Phi) is 5.08. The molecule has 0 unspecified atom stereocenters. The Labute approximate surface area is 127 Å². The number of aromatic nitrogens is 2. The van der Waals surface area contributed by atoms with Crippen LogP contribution in [0.25, 0.3) is 0 Å². The van der Waals surface area contributed by atoms with Crippen molar-refractivity contribution in [3.63, 3.8) is 0 Å². The highest BCUT2D eigenvalue weighted by atomic mass is 19.3. The molecule has 0 saturated carbocycles. The summed E-state index contributed by atoms with van der Waals surface area (Å²) in [5, 5.41) is 0. The summed E-state index contributed by atoms with van der Waals surface area (Å²) in [5.41, 5.74) is 0.391. The largest absolute Gasteiger partial charge is 0.493 e. The predicted octanol–water partition coefficient (Wildman–Crippen LogP) is 2.95. The standard InChI is InChI=1S/C15H17F2N3O2/c1-3-22-12-7-5-4-6-11(12)14(21)19(2)10-13-18-8-9-20(13)15(16)17/h4-9,15H,3,10H2,1-2H3. The molecule has 2 rings (SSSR count). The van der Waals surface area contributed by atoms with Crippen LogP contribution in [0.2, 0.25) is 0 Å². The minimum Gasteiger partial charge on any atom is -0.493 e. The van der Waals surface area contributed by atoms with Gasteiger partial charge in [0.15, 0.2) is 0 Å². The number of hydrogen-bond acceptors (Lipinski definition) is 3. The number of rotatable bonds is 6. The minimum absolute atomic E-state index is 0.0172. The first kappa shape index (κ1) is 15.9. The van der Waals surface area contributed by atoms with Gasteiger partial charge < -0.3 is 9.64 Å². The summed E-state index contributed by atoms with van der Waals surface area (Å²) in [4.78, 5) is 17.7. The Morgan fingerprint density at radius 2 is 2.14 bits per heavy atom. The van der Waals surface area contributed by atoms with Gasteiger partial charge in [0.1, 0.15) is 11.6 Å². The van der Waals surface area contributed by atoms with Crippen molar-refractivity contribution >= 4 is 5.91 Å². The van der Waals surface area contributed by atoms with E-state index in [0.29, 0.717) is 17.9 Å². The van der Waals surface area contributed by atoms with E-state index in [9.17, 15) is 13.6 Å². The molecular weight excluding hydrogens is 292 g/mol. The molecule has 0 aliphatic rings. The third-order valence-corrected chi connectivity index (χ3v) is 3.10. The number of para-hydroxylation sites is 1. The maximum absolute atomic E-state index is 12.8. The van der Waals surface area contributed by atoms with E-state index in [1.165, 1.54) is 24.3 Å². The van der Waals surface area contributed by atoms with Crippen LogP contribution in [0.3, 0.4) is 0 Å². The molecule has 0 radical (unpaired) electrons. The van der Waals surface area contributed by atoms with Crippen LogP contribution in [0.4, 0.5) is 8.78 Å². The van der Waals surface area contributed by atoms with Gasteiger partial charge in [-0.15, -0.1) is 0 Å². The summed E-state index contributed by atoms with van der Waals surface area (Å²) < 4.78 is 31.8. The topological polar surface area (TPSA) is 47.4 Å². The summed E-state index contributed by atoms with van der Waals surface area (Å²) in [6.45, 7) is -0.443. The second-order valence-corrected chi connectivity index (χ2v) is 4.62. The summed E-state index contributed by atoms with van der Waals surface area (Å²) in [5.74, 6) is 0.284. The Morgan fingerprint density at radius 3 is 2.82 bits per heavy atom. The summed E-state index contributed by atoms with van der Waals surface area (Å²) in [6, 6.07) is 6.84. The monoisotopic (exact) mass is 309 g/mol. The number of carbonyl (C=O) groups is 1. The Balaban J connectivity index is 2.17. The molecule has 1 aromatic heterocycles. The van der Waals surface area contributed by atoms with Crippen LogP contribution in [-0.4, -0.2) is 34.0 Å². The number of imidazole rings is 1. The molecule has 0 bridgehead atoms. The van der Waals surface area contributed by atoms with Crippen molar-refractivity contribution in [2.75, 3.05) is 13.7 Å². The molecule has 0 atom stereocenters. The number of halogens is 2. The highest BCUT2D eigenvalue weighted by Gasteiger charge is 2.19. The van der Waals surface area contributed by atoms with Crippen LogP contribution in [-0.2, 0) is 6.54 Å². The van der Waals surface area contributed by atoms with Crippen LogP contribution < -0.4 is 4.74 Å². The highest BCUT2D eigenvalue weighted by molar-refractivity contribution is 5.96. The van der Waals surface area contributed by atoms with Gasteiger partial charge in [0.2, 0.25) is 0 Å². The molecule has 1 heterocycles. The van der Waals surface area contributed by atoms with Crippen molar-refractivity contribution in [3.8, 4) is 5.75 Å². The summed E-state index contributed by atoms with van der Waals surface area (Å²) in [6.07, 6.45) is 2.47. The van der Waals surface area contributed by atoms with Gasteiger partial charge in [-0.2, -0.15) is 8.78 Å². The molecule has 0 aliphatic carbocycles. The van der Waals surface area contributed by atoms with E-state index in [0.717, 1.165) is 4.57 Å². The van der Waals surface area contributed by atoms with E-state index in [-0.39, 0.29) is 18.3 Å². The lowest BCUT2D eigenvalue weighted by molar-refractivity contribution is 0.0611. The van der Waals surface area contributed by atoms with E-state index in [2.05, 4.69) is 4.98 Å². The zero-order chi connectivity index (χ0) is 16.1. The molecule has 1 aromatic carbocycles. The molecule has 0 saturated heterocycles. The number of ether oxygens (including phenoxy) is 1. The first-order chi connectivity index (χ1) is 10.5. The van der Waals surface area contributed by atoms with Crippen molar-refractivity contribution in [1.82, 2.24) is 14.5 Å². The zero-order valence-corrected chi connectivity index (χ0v) is 12.4. The van der Waals surface area contributed by atoms with Gasteiger partial charge in [0.05, 0.1) is 18.7 Å². The molecule has 2 aromatic rings. The molecule has 0 spiro atoms. The van der Waals surface area contributed by atoms with Gasteiger partial charge in [0, 0.05) is 19.4 Å². The van der Waals surface area contributed by atoms with Crippen molar-refractivity contribution in [3.05, 3.63) is 48.0 Å². The molecule has 1 amide bonds. The van der Waals surface area contributed by atoms with Crippen molar-refractivity contribution in [1.29, 1.82) is 0 Å². The number of amides is 1. The molecule has 22 heavy (non-hydrogen) atoms. The third-order valence-electron chi connectivity index (χ3n) is 3.10. The Hall–Kier alpha value is -2.44. The van der Waals surface area contributed by atoms with Gasteiger partial charge >= 0.3 is 6.55 Å². The van der Waals surface area contributed by atoms with E-state index in [1.54, 1.807) is 24.3 Å². The lowest BCUT2D eigenvalue weighted by Crippen LogP contribution is -2.28. The van der Waals surface area contributed by atoms with Gasteiger partial charge in [0.25, 0.3) is 5.91 Å². The molecule has 118 valence electrons. The third kappa shape index (κ3) is 3.41. The smallest absolute Gasteiger partial charge is 0.319 e.